The second-order valence-electron chi connectivity index (χ2n) is 9.95. The number of hydrogen-bond acceptors (Lipinski definition) is 18. The fourth-order valence-corrected chi connectivity index (χ4v) is 8.13. The molecule has 3 saturated heterocycles. The summed E-state index contributed by atoms with van der Waals surface area (Å²) in [6.45, 7) is -9.47. The van der Waals surface area contributed by atoms with Gasteiger partial charge < -0.3 is 40.6 Å². The van der Waals surface area contributed by atoms with Crippen molar-refractivity contribution in [3.63, 3.8) is 0 Å². The Labute approximate surface area is 313 Å². The first-order valence-corrected chi connectivity index (χ1v) is 18.1. The number of nitrogens with zero attached hydrogens (tertiary/aromatic N) is 8. The Balaban J connectivity index is 0.00000208. The van der Waals surface area contributed by atoms with E-state index >= 15 is 0 Å². The molecule has 3 aliphatic rings. The van der Waals surface area contributed by atoms with Gasteiger partial charge in [-0.3, -0.25) is 22.7 Å². The number of nitrogens with two attached hydrogens (primary N) is 2. The molecule has 4 aromatic rings. The number of ether oxygens (including phenoxy) is 2. The first kappa shape index (κ1) is 36.8. The second kappa shape index (κ2) is 14.1. The molecule has 46 heavy (non-hydrogen) atoms. The van der Waals surface area contributed by atoms with Crippen molar-refractivity contribution in [2.75, 3.05) is 24.7 Å². The van der Waals surface area contributed by atoms with Crippen molar-refractivity contribution in [1.29, 1.82) is 0 Å². The van der Waals surface area contributed by atoms with Gasteiger partial charge in [-0.2, -0.15) is 0 Å². The molecular formula is C20H24N10Na2O10P2S2. The normalized spacial score (nSPS) is 36.6. The molecule has 0 amide bonds. The fourth-order valence-electron chi connectivity index (χ4n) is 5.22. The summed E-state index contributed by atoms with van der Waals surface area (Å²) in [6, 6.07) is 0. The minimum Gasteiger partial charge on any atom is -0.387 e. The van der Waals surface area contributed by atoms with Crippen LogP contribution in [0.15, 0.2) is 25.3 Å². The van der Waals surface area contributed by atoms with Gasteiger partial charge >= 0.3 is 13.5 Å². The number of imidazole rings is 2. The standard InChI is InChI=1S/C20H24N10O10P2S2.2Na/c21-15-9-17(25-3-23-15)29(5-27-9)19-12(32)13-8(38-19)2-36-42(34,44)40-14-11(31)7(1-35-41(33,43)39-13)37-20(14)30-6-28-10-16(22)24-4-26-18(10)30;;/h3-8,11-14,19-20,31-32H,1-2H2,(H,33,43)(H,34,44)(H2,21,23,25)(H2,22,24,26);;/t7-,8-,11-,12-,13-,14-,19-,20-,41?,42?;;/m1../s1. The fraction of sp³-hybridized carbons (Fsp3) is 0.500. The average Bonchev–Trinajstić information content (AvgIpc) is 3.73. The number of nitrogen functional groups attached to an aromatic ring is 2. The third-order valence-corrected chi connectivity index (χ3v) is 10.4. The third kappa shape index (κ3) is 6.82. The molecule has 0 aliphatic carbocycles. The van der Waals surface area contributed by atoms with Gasteiger partial charge in [0.05, 0.1) is 25.9 Å². The molecule has 2 radical (unpaired) electrons. The van der Waals surface area contributed by atoms with E-state index in [-0.39, 0.29) is 93.1 Å². The summed E-state index contributed by atoms with van der Waals surface area (Å²) in [5.41, 5.74) is 12.8. The van der Waals surface area contributed by atoms with Gasteiger partial charge in [0.25, 0.3) is 0 Å². The summed E-state index contributed by atoms with van der Waals surface area (Å²) >= 11 is 9.34. The molecule has 0 spiro atoms. The topological polar surface area (TPSA) is 272 Å². The maximum absolute atomic E-state index is 13.5. The van der Waals surface area contributed by atoms with Crippen LogP contribution in [0.3, 0.4) is 0 Å². The zero-order chi connectivity index (χ0) is 31.0. The Morgan fingerprint density at radius 2 is 1.35 bits per heavy atom. The zero-order valence-electron chi connectivity index (χ0n) is 24.0. The van der Waals surface area contributed by atoms with Crippen LogP contribution in [-0.2, 0) is 43.9 Å². The van der Waals surface area contributed by atoms with Crippen LogP contribution < -0.4 is 11.5 Å². The number of aromatic nitrogens is 8. The molecule has 20 nitrogen and oxygen atoms in total. The van der Waals surface area contributed by atoms with Crippen LogP contribution in [-0.4, -0.2) is 163 Å². The summed E-state index contributed by atoms with van der Waals surface area (Å²) in [6.07, 6.45) is -5.40. The molecule has 3 fully saturated rings. The van der Waals surface area contributed by atoms with Crippen LogP contribution in [0.5, 0.6) is 0 Å². The summed E-state index contributed by atoms with van der Waals surface area (Å²) in [4.78, 5) is 35.5. The first-order valence-electron chi connectivity index (χ1n) is 12.8. The smallest absolute Gasteiger partial charge is 0.386 e. The summed E-state index contributed by atoms with van der Waals surface area (Å²) < 4.78 is 50.8. The van der Waals surface area contributed by atoms with Gasteiger partial charge in [-0.15, -0.1) is 0 Å². The van der Waals surface area contributed by atoms with Crippen LogP contribution in [0.2, 0.25) is 0 Å². The Morgan fingerprint density at radius 3 is 1.96 bits per heavy atom. The summed E-state index contributed by atoms with van der Waals surface area (Å²) in [5.74, 6) is 0.201. The minimum atomic E-state index is -4.30. The summed E-state index contributed by atoms with van der Waals surface area (Å²) in [7, 11) is 0. The van der Waals surface area contributed by atoms with E-state index in [4.69, 9.17) is 50.8 Å². The van der Waals surface area contributed by atoms with Crippen molar-refractivity contribution >= 4 is 131 Å². The van der Waals surface area contributed by atoms with Crippen LogP contribution >= 0.6 is 25.8 Å². The number of aliphatic hydroxyl groups is 2. The van der Waals surface area contributed by atoms with Crippen molar-refractivity contribution in [3.05, 3.63) is 25.3 Å². The zero-order valence-corrected chi connectivity index (χ0v) is 31.5. The average molecular weight is 737 g/mol. The van der Waals surface area contributed by atoms with Crippen LogP contribution in [0.25, 0.3) is 22.3 Å². The molecule has 7 heterocycles. The Kier molecular flexibility index (Phi) is 11.3. The molecule has 0 saturated carbocycles. The Bertz CT molecular complexity index is 1840. The summed E-state index contributed by atoms with van der Waals surface area (Å²) in [5, 5.41) is 22.4. The van der Waals surface area contributed by atoms with E-state index in [2.05, 4.69) is 42.2 Å². The first-order chi connectivity index (χ1) is 20.9. The van der Waals surface area contributed by atoms with Crippen LogP contribution in [0, 0.1) is 0 Å². The molecule has 238 valence electrons. The van der Waals surface area contributed by atoms with Crippen LogP contribution in [0.1, 0.15) is 12.5 Å². The van der Waals surface area contributed by atoms with Gasteiger partial charge in [-0.25, -0.2) is 34.5 Å². The minimum absolute atomic E-state index is 0. The van der Waals surface area contributed by atoms with Crippen molar-refractivity contribution in [3.8, 4) is 0 Å². The van der Waals surface area contributed by atoms with Gasteiger partial charge in [-0.1, -0.05) is 12.2 Å². The molecule has 7 rings (SSSR count). The van der Waals surface area contributed by atoms with E-state index < -0.39 is 75.8 Å². The number of aliphatic hydroxyl groups excluding tert-OH is 2. The Morgan fingerprint density at radius 1 is 0.804 bits per heavy atom. The maximum atomic E-state index is 13.5. The van der Waals surface area contributed by atoms with E-state index in [0.29, 0.717) is 0 Å². The van der Waals surface area contributed by atoms with Gasteiger partial charge in [-0.05, 0) is 11.8 Å². The van der Waals surface area contributed by atoms with Gasteiger partial charge in [0, 0.05) is 59.1 Å². The number of anilines is 2. The number of rotatable bonds is 2. The molecule has 2 unspecified atom stereocenters. The largest absolute Gasteiger partial charge is 0.387 e. The number of thiol groups is 1. The van der Waals surface area contributed by atoms with E-state index in [0.717, 1.165) is 0 Å². The van der Waals surface area contributed by atoms with Crippen molar-refractivity contribution in [2.24, 2.45) is 0 Å². The van der Waals surface area contributed by atoms with Crippen LogP contribution in [0.4, 0.5) is 11.6 Å². The molecule has 2 bridgehead atoms. The molecular weight excluding hydrogens is 712 g/mol. The SMILES string of the molecule is Nc1ncnc2c1ncn2[C@@H]1O[C@@H]2COP(=O)(S)O[C@@H]3[C@H](O)[C@@H](COP(O)(=S)O[C@H]2[C@H]1O)O[C@H]3n1cnc2c(N)ncnc21.[Na].[Na]. The second-order valence-corrected chi connectivity index (χ2v) is 15.6. The molecule has 26 heteroatoms. The van der Waals surface area contributed by atoms with Crippen molar-refractivity contribution in [1.82, 2.24) is 39.0 Å². The molecule has 4 aromatic heterocycles. The number of fused-ring (bicyclic) bond motifs is 5. The quantitative estimate of drug-likeness (QED) is 0.0789. The van der Waals surface area contributed by atoms with E-state index in [1.54, 1.807) is 0 Å². The molecule has 10 atom stereocenters. The van der Waals surface area contributed by atoms with E-state index in [1.165, 1.54) is 34.4 Å². The van der Waals surface area contributed by atoms with Gasteiger partial charge in [0.2, 0.25) is 0 Å². The van der Waals surface area contributed by atoms with E-state index in [9.17, 15) is 19.7 Å². The number of hydrogen-bond donors (Lipinski definition) is 6. The Hall–Kier alpha value is -0.430. The van der Waals surface area contributed by atoms with Crippen molar-refractivity contribution in [2.45, 2.75) is 49.1 Å². The van der Waals surface area contributed by atoms with E-state index in [1.807, 2.05) is 0 Å². The molecule has 3 aliphatic heterocycles. The maximum Gasteiger partial charge on any atom is 0.386 e. The van der Waals surface area contributed by atoms with Gasteiger partial charge in [0.15, 0.2) is 35.4 Å². The third-order valence-electron chi connectivity index (χ3n) is 7.26. The predicted octanol–water partition coefficient (Wildman–Crippen LogP) is -1.34. The predicted molar refractivity (Wildman–Crippen MR) is 166 cm³/mol. The molecule has 0 aromatic carbocycles. The molecule has 7 N–H and O–H groups in total. The monoisotopic (exact) mass is 736 g/mol. The van der Waals surface area contributed by atoms with Crippen molar-refractivity contribution < 1.29 is 47.2 Å². The van der Waals surface area contributed by atoms with Gasteiger partial charge in [0.1, 0.15) is 60.3 Å².